The van der Waals surface area contributed by atoms with Gasteiger partial charge in [-0.1, -0.05) is 29.8 Å². The summed E-state index contributed by atoms with van der Waals surface area (Å²) < 4.78 is 0. The molecule has 0 fully saturated rings. The number of rotatable bonds is 7. The van der Waals surface area contributed by atoms with Gasteiger partial charge in [0.2, 0.25) is 5.91 Å². The first kappa shape index (κ1) is 15.3. The molecule has 0 spiro atoms. The van der Waals surface area contributed by atoms with Crippen molar-refractivity contribution in [3.63, 3.8) is 0 Å². The first-order chi connectivity index (χ1) is 8.63. The highest BCUT2D eigenvalue weighted by Crippen LogP contribution is 2.16. The summed E-state index contributed by atoms with van der Waals surface area (Å²) in [5.74, 6) is 0.697. The number of amides is 1. The Balaban J connectivity index is 2.35. The molecule has 0 aliphatic heterocycles. The second kappa shape index (κ2) is 8.39. The SMILES string of the molecule is CC(Cc1ccccc1Cl)NC(=O)CCCCCl. The average Bonchev–Trinajstić information content (AvgIpc) is 2.32. The van der Waals surface area contributed by atoms with Crippen molar-refractivity contribution < 1.29 is 4.79 Å². The maximum atomic E-state index is 11.6. The average molecular weight is 288 g/mol. The van der Waals surface area contributed by atoms with Crippen LogP contribution in [0.4, 0.5) is 0 Å². The molecule has 1 amide bonds. The molecule has 0 saturated carbocycles. The quantitative estimate of drug-likeness (QED) is 0.600. The molecule has 18 heavy (non-hydrogen) atoms. The molecule has 0 heterocycles. The molecule has 1 aromatic rings. The maximum absolute atomic E-state index is 11.6. The largest absolute Gasteiger partial charge is 0.353 e. The van der Waals surface area contributed by atoms with E-state index in [1.807, 2.05) is 31.2 Å². The Morgan fingerprint density at radius 1 is 1.33 bits per heavy atom. The zero-order valence-corrected chi connectivity index (χ0v) is 12.1. The van der Waals surface area contributed by atoms with Crippen molar-refractivity contribution in [2.24, 2.45) is 0 Å². The van der Waals surface area contributed by atoms with E-state index in [0.29, 0.717) is 12.3 Å². The number of hydrogen-bond acceptors (Lipinski definition) is 1. The lowest BCUT2D eigenvalue weighted by Gasteiger charge is -2.14. The number of nitrogens with one attached hydrogen (secondary N) is 1. The van der Waals surface area contributed by atoms with Gasteiger partial charge in [0.05, 0.1) is 0 Å². The van der Waals surface area contributed by atoms with Crippen LogP contribution in [0.25, 0.3) is 0 Å². The van der Waals surface area contributed by atoms with E-state index < -0.39 is 0 Å². The summed E-state index contributed by atoms with van der Waals surface area (Å²) in [6, 6.07) is 7.80. The molecule has 0 bridgehead atoms. The first-order valence-corrected chi connectivity index (χ1v) is 7.13. The minimum atomic E-state index is 0.0830. The van der Waals surface area contributed by atoms with Crippen molar-refractivity contribution in [2.75, 3.05) is 5.88 Å². The number of carbonyl (C=O) groups is 1. The highest BCUT2D eigenvalue weighted by molar-refractivity contribution is 6.31. The molecule has 1 rings (SSSR count). The maximum Gasteiger partial charge on any atom is 0.220 e. The third kappa shape index (κ3) is 5.74. The zero-order valence-electron chi connectivity index (χ0n) is 10.6. The summed E-state index contributed by atoms with van der Waals surface area (Å²) in [4.78, 5) is 11.6. The minimum Gasteiger partial charge on any atom is -0.353 e. The second-order valence-electron chi connectivity index (χ2n) is 4.41. The van der Waals surface area contributed by atoms with Gasteiger partial charge >= 0.3 is 0 Å². The fraction of sp³-hybridized carbons (Fsp3) is 0.500. The summed E-state index contributed by atoms with van der Waals surface area (Å²) >= 11 is 11.6. The number of benzene rings is 1. The monoisotopic (exact) mass is 287 g/mol. The highest BCUT2D eigenvalue weighted by Gasteiger charge is 2.09. The Morgan fingerprint density at radius 3 is 2.72 bits per heavy atom. The van der Waals surface area contributed by atoms with Crippen molar-refractivity contribution in [2.45, 2.75) is 38.6 Å². The fourth-order valence-electron chi connectivity index (χ4n) is 1.77. The molecule has 1 aromatic carbocycles. The topological polar surface area (TPSA) is 29.1 Å². The summed E-state index contributed by atoms with van der Waals surface area (Å²) in [6.45, 7) is 1.99. The van der Waals surface area contributed by atoms with E-state index in [1.165, 1.54) is 0 Å². The predicted molar refractivity (Wildman–Crippen MR) is 77.3 cm³/mol. The molecule has 0 radical (unpaired) electrons. The molecule has 1 N–H and O–H groups in total. The summed E-state index contributed by atoms with van der Waals surface area (Å²) in [7, 11) is 0. The van der Waals surface area contributed by atoms with Gasteiger partial charge in [-0.25, -0.2) is 0 Å². The number of hydrogen-bond donors (Lipinski definition) is 1. The Labute approximate surface area is 119 Å². The smallest absolute Gasteiger partial charge is 0.220 e. The highest BCUT2D eigenvalue weighted by atomic mass is 35.5. The molecular formula is C14H19Cl2NO. The molecule has 0 aromatic heterocycles. The van der Waals surface area contributed by atoms with Crippen molar-refractivity contribution in [3.05, 3.63) is 34.9 Å². The van der Waals surface area contributed by atoms with Crippen LogP contribution in [-0.2, 0) is 11.2 Å². The van der Waals surface area contributed by atoms with Gasteiger partial charge in [-0.2, -0.15) is 0 Å². The van der Waals surface area contributed by atoms with Crippen LogP contribution in [0, 0.1) is 0 Å². The van der Waals surface area contributed by atoms with Gasteiger partial charge in [0, 0.05) is 23.4 Å². The van der Waals surface area contributed by atoms with Gasteiger partial charge in [0.1, 0.15) is 0 Å². The third-order valence-corrected chi connectivity index (χ3v) is 3.31. The van der Waals surface area contributed by atoms with E-state index in [2.05, 4.69) is 5.32 Å². The minimum absolute atomic E-state index is 0.0830. The Morgan fingerprint density at radius 2 is 2.06 bits per heavy atom. The van der Waals surface area contributed by atoms with Crippen LogP contribution in [0.3, 0.4) is 0 Å². The van der Waals surface area contributed by atoms with Crippen molar-refractivity contribution in [1.82, 2.24) is 5.32 Å². The standard InChI is InChI=1S/C14H19Cl2NO/c1-11(17-14(18)8-4-5-9-15)10-12-6-2-3-7-13(12)16/h2-3,6-7,11H,4-5,8-10H2,1H3,(H,17,18). The van der Waals surface area contributed by atoms with E-state index in [1.54, 1.807) is 0 Å². The third-order valence-electron chi connectivity index (χ3n) is 2.68. The lowest BCUT2D eigenvalue weighted by Crippen LogP contribution is -2.33. The lowest BCUT2D eigenvalue weighted by atomic mass is 10.1. The molecule has 100 valence electrons. The van der Waals surface area contributed by atoms with Crippen LogP contribution >= 0.6 is 23.2 Å². The molecule has 4 heteroatoms. The Kier molecular flexibility index (Phi) is 7.14. The van der Waals surface area contributed by atoms with Crippen molar-refractivity contribution in [1.29, 1.82) is 0 Å². The van der Waals surface area contributed by atoms with Gasteiger partial charge in [0.15, 0.2) is 0 Å². The number of unbranched alkanes of at least 4 members (excludes halogenated alkanes) is 1. The van der Waals surface area contributed by atoms with Gasteiger partial charge < -0.3 is 5.32 Å². The van der Waals surface area contributed by atoms with Crippen LogP contribution < -0.4 is 5.32 Å². The fourth-order valence-corrected chi connectivity index (χ4v) is 2.17. The molecular weight excluding hydrogens is 269 g/mol. The van der Waals surface area contributed by atoms with Gasteiger partial charge in [0.25, 0.3) is 0 Å². The second-order valence-corrected chi connectivity index (χ2v) is 5.20. The Hall–Kier alpha value is -0.730. The van der Waals surface area contributed by atoms with Crippen LogP contribution in [0.1, 0.15) is 31.7 Å². The van der Waals surface area contributed by atoms with Crippen LogP contribution in [0.5, 0.6) is 0 Å². The lowest BCUT2D eigenvalue weighted by molar-refractivity contribution is -0.121. The predicted octanol–water partition coefficient (Wildman–Crippen LogP) is 3.80. The van der Waals surface area contributed by atoms with Gasteiger partial charge in [-0.3, -0.25) is 4.79 Å². The normalized spacial score (nSPS) is 12.2. The first-order valence-electron chi connectivity index (χ1n) is 6.22. The van der Waals surface area contributed by atoms with E-state index in [0.717, 1.165) is 29.8 Å². The molecule has 2 nitrogen and oxygen atoms in total. The van der Waals surface area contributed by atoms with Crippen LogP contribution in [0.2, 0.25) is 5.02 Å². The van der Waals surface area contributed by atoms with E-state index in [9.17, 15) is 4.79 Å². The Bertz CT molecular complexity index is 382. The zero-order chi connectivity index (χ0) is 13.4. The number of alkyl halides is 1. The van der Waals surface area contributed by atoms with Gasteiger partial charge in [-0.15, -0.1) is 11.6 Å². The van der Waals surface area contributed by atoms with Crippen LogP contribution in [-0.4, -0.2) is 17.8 Å². The summed E-state index contributed by atoms with van der Waals surface area (Å²) in [5, 5.41) is 3.72. The van der Waals surface area contributed by atoms with Gasteiger partial charge in [-0.05, 0) is 37.8 Å². The summed E-state index contributed by atoms with van der Waals surface area (Å²) in [6.07, 6.45) is 3.02. The summed E-state index contributed by atoms with van der Waals surface area (Å²) in [5.41, 5.74) is 1.06. The molecule has 0 aliphatic rings. The number of halogens is 2. The van der Waals surface area contributed by atoms with Crippen molar-refractivity contribution in [3.8, 4) is 0 Å². The van der Waals surface area contributed by atoms with Crippen LogP contribution in [0.15, 0.2) is 24.3 Å². The molecule has 0 aliphatic carbocycles. The molecule has 1 unspecified atom stereocenters. The molecule has 1 atom stereocenters. The number of carbonyl (C=O) groups excluding carboxylic acids is 1. The molecule has 0 saturated heterocycles. The van der Waals surface area contributed by atoms with E-state index in [-0.39, 0.29) is 11.9 Å². The van der Waals surface area contributed by atoms with E-state index >= 15 is 0 Å². The van der Waals surface area contributed by atoms with E-state index in [4.69, 9.17) is 23.2 Å². The van der Waals surface area contributed by atoms with Crippen molar-refractivity contribution >= 4 is 29.1 Å².